The third kappa shape index (κ3) is 4.15. The minimum absolute atomic E-state index is 0.199. The maximum atomic E-state index is 12.1. The van der Waals surface area contributed by atoms with Gasteiger partial charge in [0, 0.05) is 25.0 Å². The molecule has 0 aliphatic carbocycles. The van der Waals surface area contributed by atoms with Crippen molar-refractivity contribution in [2.45, 2.75) is 12.5 Å². The molecule has 3 N–H and O–H groups in total. The van der Waals surface area contributed by atoms with Crippen molar-refractivity contribution in [1.29, 1.82) is 0 Å². The van der Waals surface area contributed by atoms with Crippen LogP contribution in [0.1, 0.15) is 6.42 Å². The number of anilines is 1. The Kier molecular flexibility index (Phi) is 5.49. The third-order valence-corrected chi connectivity index (χ3v) is 3.24. The number of carbonyl (C=O) groups is 1. The Morgan fingerprint density at radius 3 is 2.52 bits per heavy atom. The Hall–Kier alpha value is -2.17. The molecule has 4 heteroatoms. The van der Waals surface area contributed by atoms with Crippen LogP contribution in [0.3, 0.4) is 0 Å². The summed E-state index contributed by atoms with van der Waals surface area (Å²) in [6.07, 6.45) is 0.496. The van der Waals surface area contributed by atoms with Crippen molar-refractivity contribution >= 4 is 11.6 Å². The van der Waals surface area contributed by atoms with Gasteiger partial charge in [-0.2, -0.15) is 0 Å². The molecule has 2 rings (SSSR count). The molecule has 0 spiro atoms. The van der Waals surface area contributed by atoms with E-state index in [2.05, 4.69) is 5.32 Å². The minimum Gasteiger partial charge on any atom is -0.385 e. The normalized spacial score (nSPS) is 11.9. The summed E-state index contributed by atoms with van der Waals surface area (Å²) in [4.78, 5) is 12.1. The molecule has 0 saturated carbocycles. The molecule has 0 aliphatic heterocycles. The van der Waals surface area contributed by atoms with Gasteiger partial charge in [0.15, 0.2) is 0 Å². The number of benzene rings is 2. The highest BCUT2D eigenvalue weighted by atomic mass is 16.5. The van der Waals surface area contributed by atoms with Crippen LogP contribution in [0.15, 0.2) is 54.6 Å². The highest BCUT2D eigenvalue weighted by Gasteiger charge is 2.15. The Labute approximate surface area is 124 Å². The predicted octanol–water partition coefficient (Wildman–Crippen LogP) is 2.66. The summed E-state index contributed by atoms with van der Waals surface area (Å²) in [5.74, 6) is -0.199. The van der Waals surface area contributed by atoms with Gasteiger partial charge < -0.3 is 15.8 Å². The zero-order chi connectivity index (χ0) is 15.1. The molecular formula is C17H20N2O2. The monoisotopic (exact) mass is 284 g/mol. The number of nitrogens with two attached hydrogens (primary N) is 1. The molecule has 0 aliphatic rings. The first-order chi connectivity index (χ1) is 10.2. The van der Waals surface area contributed by atoms with Gasteiger partial charge in [-0.15, -0.1) is 0 Å². The minimum atomic E-state index is -0.575. The second-order valence-corrected chi connectivity index (χ2v) is 4.79. The van der Waals surface area contributed by atoms with E-state index in [9.17, 15) is 4.79 Å². The van der Waals surface area contributed by atoms with E-state index >= 15 is 0 Å². The number of ether oxygens (including phenoxy) is 1. The molecule has 1 amide bonds. The van der Waals surface area contributed by atoms with Gasteiger partial charge >= 0.3 is 0 Å². The number of amides is 1. The largest absolute Gasteiger partial charge is 0.385 e. The molecule has 0 heterocycles. The summed E-state index contributed by atoms with van der Waals surface area (Å²) in [6, 6.07) is 17.0. The smallest absolute Gasteiger partial charge is 0.241 e. The first kappa shape index (κ1) is 15.2. The Balaban J connectivity index is 2.16. The zero-order valence-corrected chi connectivity index (χ0v) is 12.1. The SMILES string of the molecule is COCCC(N)C(=O)Nc1ccccc1-c1ccccc1. The fraction of sp³-hybridized carbons (Fsp3) is 0.235. The van der Waals surface area contributed by atoms with E-state index in [4.69, 9.17) is 10.5 Å². The van der Waals surface area contributed by atoms with Gasteiger partial charge in [-0.1, -0.05) is 48.5 Å². The van der Waals surface area contributed by atoms with E-state index in [0.29, 0.717) is 13.0 Å². The van der Waals surface area contributed by atoms with Crippen LogP contribution in [0.25, 0.3) is 11.1 Å². The fourth-order valence-corrected chi connectivity index (χ4v) is 2.06. The summed E-state index contributed by atoms with van der Waals surface area (Å²) in [5, 5.41) is 2.90. The standard InChI is InChI=1S/C17H20N2O2/c1-21-12-11-15(18)17(20)19-16-10-6-5-9-14(16)13-7-3-2-4-8-13/h2-10,15H,11-12,18H2,1H3,(H,19,20). The molecule has 110 valence electrons. The Bertz CT molecular complexity index is 584. The van der Waals surface area contributed by atoms with Crippen molar-refractivity contribution in [3.05, 3.63) is 54.6 Å². The van der Waals surface area contributed by atoms with E-state index in [-0.39, 0.29) is 5.91 Å². The van der Waals surface area contributed by atoms with Crippen LogP contribution in [0, 0.1) is 0 Å². The third-order valence-electron chi connectivity index (χ3n) is 3.24. The predicted molar refractivity (Wildman–Crippen MR) is 85.0 cm³/mol. The lowest BCUT2D eigenvalue weighted by Gasteiger charge is -2.15. The van der Waals surface area contributed by atoms with Gasteiger partial charge in [0.2, 0.25) is 5.91 Å². The molecular weight excluding hydrogens is 264 g/mol. The maximum absolute atomic E-state index is 12.1. The number of methoxy groups -OCH3 is 1. The average Bonchev–Trinajstić information content (AvgIpc) is 2.54. The second-order valence-electron chi connectivity index (χ2n) is 4.79. The van der Waals surface area contributed by atoms with Crippen LogP contribution in [0.5, 0.6) is 0 Å². The van der Waals surface area contributed by atoms with Gasteiger partial charge in [-0.25, -0.2) is 0 Å². The van der Waals surface area contributed by atoms with Crippen molar-refractivity contribution in [3.8, 4) is 11.1 Å². The molecule has 0 bridgehead atoms. The van der Waals surface area contributed by atoms with Gasteiger partial charge in [-0.3, -0.25) is 4.79 Å². The molecule has 1 atom stereocenters. The maximum Gasteiger partial charge on any atom is 0.241 e. The molecule has 0 fully saturated rings. The lowest BCUT2D eigenvalue weighted by molar-refractivity contribution is -0.117. The summed E-state index contributed by atoms with van der Waals surface area (Å²) < 4.78 is 4.95. The van der Waals surface area contributed by atoms with Crippen LogP contribution in [-0.2, 0) is 9.53 Å². The van der Waals surface area contributed by atoms with Crippen LogP contribution < -0.4 is 11.1 Å². The van der Waals surface area contributed by atoms with Crippen LogP contribution in [0.4, 0.5) is 5.69 Å². The molecule has 0 saturated heterocycles. The molecule has 0 radical (unpaired) electrons. The van der Waals surface area contributed by atoms with Crippen molar-refractivity contribution in [2.75, 3.05) is 19.0 Å². The van der Waals surface area contributed by atoms with Gasteiger partial charge in [0.25, 0.3) is 0 Å². The van der Waals surface area contributed by atoms with E-state index in [1.807, 2.05) is 54.6 Å². The summed E-state index contributed by atoms with van der Waals surface area (Å²) in [5.41, 5.74) is 8.64. The second kappa shape index (κ2) is 7.57. The molecule has 1 unspecified atom stereocenters. The Morgan fingerprint density at radius 2 is 1.81 bits per heavy atom. The van der Waals surface area contributed by atoms with Crippen molar-refractivity contribution in [1.82, 2.24) is 0 Å². The number of hydrogen-bond acceptors (Lipinski definition) is 3. The summed E-state index contributed by atoms with van der Waals surface area (Å²) in [7, 11) is 1.59. The average molecular weight is 284 g/mol. The number of para-hydroxylation sites is 1. The van der Waals surface area contributed by atoms with Crippen LogP contribution in [-0.4, -0.2) is 25.7 Å². The van der Waals surface area contributed by atoms with Crippen LogP contribution >= 0.6 is 0 Å². The van der Waals surface area contributed by atoms with E-state index in [1.54, 1.807) is 7.11 Å². The summed E-state index contributed by atoms with van der Waals surface area (Å²) in [6.45, 7) is 0.467. The molecule has 4 nitrogen and oxygen atoms in total. The van der Waals surface area contributed by atoms with Crippen molar-refractivity contribution in [3.63, 3.8) is 0 Å². The first-order valence-electron chi connectivity index (χ1n) is 6.92. The number of nitrogens with one attached hydrogen (secondary N) is 1. The fourth-order valence-electron chi connectivity index (χ4n) is 2.06. The molecule has 2 aromatic rings. The lowest BCUT2D eigenvalue weighted by atomic mass is 10.0. The number of hydrogen-bond donors (Lipinski definition) is 2. The lowest BCUT2D eigenvalue weighted by Crippen LogP contribution is -2.36. The van der Waals surface area contributed by atoms with Gasteiger partial charge in [0.05, 0.1) is 6.04 Å². The van der Waals surface area contributed by atoms with E-state index in [0.717, 1.165) is 16.8 Å². The van der Waals surface area contributed by atoms with Gasteiger partial charge in [-0.05, 0) is 18.1 Å². The van der Waals surface area contributed by atoms with Crippen LogP contribution in [0.2, 0.25) is 0 Å². The van der Waals surface area contributed by atoms with Crippen molar-refractivity contribution in [2.24, 2.45) is 5.73 Å². The highest BCUT2D eigenvalue weighted by Crippen LogP contribution is 2.27. The Morgan fingerprint density at radius 1 is 1.14 bits per heavy atom. The number of rotatable bonds is 6. The topological polar surface area (TPSA) is 64.3 Å². The highest BCUT2D eigenvalue weighted by molar-refractivity contribution is 5.98. The van der Waals surface area contributed by atoms with Gasteiger partial charge in [0.1, 0.15) is 0 Å². The van der Waals surface area contributed by atoms with E-state index < -0.39 is 6.04 Å². The molecule has 2 aromatic carbocycles. The molecule has 0 aromatic heterocycles. The number of carbonyl (C=O) groups excluding carboxylic acids is 1. The zero-order valence-electron chi connectivity index (χ0n) is 12.1. The summed E-state index contributed by atoms with van der Waals surface area (Å²) >= 11 is 0. The quantitative estimate of drug-likeness (QED) is 0.857. The van der Waals surface area contributed by atoms with Crippen molar-refractivity contribution < 1.29 is 9.53 Å². The molecule has 21 heavy (non-hydrogen) atoms. The first-order valence-corrected chi connectivity index (χ1v) is 6.92. The van der Waals surface area contributed by atoms with E-state index in [1.165, 1.54) is 0 Å².